The Morgan fingerprint density at radius 1 is 1.00 bits per heavy atom. The number of para-hydroxylation sites is 1. The minimum atomic E-state index is 0.305. The number of benzene rings is 1. The standard InChI is InChI=1S/C16H25N3/c1-11(2)18-16(19-12(3)4)9-13-10-17-15-8-6-5-7-14(13)15/h5-8,10-12,16-19H,9H2,1-4H3. The lowest BCUT2D eigenvalue weighted by Crippen LogP contribution is -2.49. The average molecular weight is 259 g/mol. The van der Waals surface area contributed by atoms with Crippen molar-refractivity contribution in [2.75, 3.05) is 0 Å². The number of hydrogen-bond acceptors (Lipinski definition) is 2. The third-order valence-electron chi connectivity index (χ3n) is 3.17. The molecule has 0 spiro atoms. The lowest BCUT2D eigenvalue weighted by molar-refractivity contribution is 0.365. The van der Waals surface area contributed by atoms with Crippen LogP contribution in [0.4, 0.5) is 0 Å². The first-order valence-electron chi connectivity index (χ1n) is 7.13. The van der Waals surface area contributed by atoms with E-state index in [9.17, 15) is 0 Å². The number of rotatable bonds is 6. The van der Waals surface area contributed by atoms with Crippen LogP contribution in [0.2, 0.25) is 0 Å². The first-order chi connectivity index (χ1) is 9.06. The van der Waals surface area contributed by atoms with Crippen LogP contribution in [-0.4, -0.2) is 23.2 Å². The van der Waals surface area contributed by atoms with Gasteiger partial charge in [0.1, 0.15) is 0 Å². The molecule has 0 fully saturated rings. The fourth-order valence-electron chi connectivity index (χ4n) is 2.49. The molecule has 0 bridgehead atoms. The summed E-state index contributed by atoms with van der Waals surface area (Å²) in [7, 11) is 0. The van der Waals surface area contributed by atoms with Crippen LogP contribution in [0.1, 0.15) is 33.3 Å². The maximum atomic E-state index is 3.59. The normalized spacial score (nSPS) is 12.2. The maximum absolute atomic E-state index is 3.59. The molecule has 2 rings (SSSR count). The van der Waals surface area contributed by atoms with Gasteiger partial charge in [0.2, 0.25) is 0 Å². The summed E-state index contributed by atoms with van der Waals surface area (Å²) in [5, 5.41) is 8.50. The van der Waals surface area contributed by atoms with Crippen molar-refractivity contribution in [2.45, 2.75) is 52.4 Å². The van der Waals surface area contributed by atoms with Crippen molar-refractivity contribution < 1.29 is 0 Å². The van der Waals surface area contributed by atoms with E-state index in [1.54, 1.807) is 0 Å². The van der Waals surface area contributed by atoms with Crippen LogP contribution >= 0.6 is 0 Å². The fourth-order valence-corrected chi connectivity index (χ4v) is 2.49. The average Bonchev–Trinajstić information content (AvgIpc) is 2.71. The molecule has 0 saturated heterocycles. The Bertz CT molecular complexity index is 503. The van der Waals surface area contributed by atoms with Crippen LogP contribution in [-0.2, 0) is 6.42 Å². The van der Waals surface area contributed by atoms with E-state index in [-0.39, 0.29) is 0 Å². The monoisotopic (exact) mass is 259 g/mol. The first kappa shape index (κ1) is 14.1. The van der Waals surface area contributed by atoms with Crippen LogP contribution in [0.5, 0.6) is 0 Å². The molecule has 0 unspecified atom stereocenters. The fraction of sp³-hybridized carbons (Fsp3) is 0.500. The predicted molar refractivity (Wildman–Crippen MR) is 82.3 cm³/mol. The molecule has 104 valence electrons. The Balaban J connectivity index is 2.15. The minimum Gasteiger partial charge on any atom is -0.361 e. The second kappa shape index (κ2) is 6.22. The molecule has 3 N–H and O–H groups in total. The second-order valence-electron chi connectivity index (χ2n) is 5.76. The maximum Gasteiger partial charge on any atom is 0.0617 e. The summed E-state index contributed by atoms with van der Waals surface area (Å²) < 4.78 is 0. The van der Waals surface area contributed by atoms with Gasteiger partial charge < -0.3 is 4.98 Å². The van der Waals surface area contributed by atoms with E-state index in [1.807, 2.05) is 0 Å². The molecule has 1 aromatic heterocycles. The van der Waals surface area contributed by atoms with Crippen molar-refractivity contribution in [3.8, 4) is 0 Å². The van der Waals surface area contributed by atoms with Gasteiger partial charge in [0, 0.05) is 35.6 Å². The second-order valence-corrected chi connectivity index (χ2v) is 5.76. The van der Waals surface area contributed by atoms with Crippen molar-refractivity contribution >= 4 is 10.9 Å². The molecule has 0 atom stereocenters. The summed E-state index contributed by atoms with van der Waals surface area (Å²) in [6, 6.07) is 9.42. The molecule has 0 saturated carbocycles. The Hall–Kier alpha value is -1.32. The molecule has 0 aliphatic carbocycles. The number of aromatic amines is 1. The van der Waals surface area contributed by atoms with E-state index < -0.39 is 0 Å². The smallest absolute Gasteiger partial charge is 0.0617 e. The van der Waals surface area contributed by atoms with Crippen LogP contribution < -0.4 is 10.6 Å². The highest BCUT2D eigenvalue weighted by atomic mass is 15.1. The predicted octanol–water partition coefficient (Wildman–Crippen LogP) is 3.03. The molecule has 0 aliphatic heterocycles. The van der Waals surface area contributed by atoms with Crippen LogP contribution in [0, 0.1) is 0 Å². The van der Waals surface area contributed by atoms with E-state index in [0.717, 1.165) is 6.42 Å². The van der Waals surface area contributed by atoms with Crippen molar-refractivity contribution in [1.82, 2.24) is 15.6 Å². The third-order valence-corrected chi connectivity index (χ3v) is 3.17. The molecular formula is C16H25N3. The highest BCUT2D eigenvalue weighted by molar-refractivity contribution is 5.83. The zero-order chi connectivity index (χ0) is 13.8. The first-order valence-corrected chi connectivity index (χ1v) is 7.13. The number of hydrogen-bond donors (Lipinski definition) is 3. The molecule has 0 radical (unpaired) electrons. The highest BCUT2D eigenvalue weighted by Crippen LogP contribution is 2.18. The van der Waals surface area contributed by atoms with E-state index in [1.165, 1.54) is 16.5 Å². The third kappa shape index (κ3) is 3.82. The Kier molecular flexibility index (Phi) is 4.61. The van der Waals surface area contributed by atoms with E-state index in [0.29, 0.717) is 18.2 Å². The van der Waals surface area contributed by atoms with Crippen molar-refractivity contribution in [3.63, 3.8) is 0 Å². The summed E-state index contributed by atoms with van der Waals surface area (Å²) in [5.41, 5.74) is 2.58. The Labute approximate surface area is 115 Å². The molecule has 0 amide bonds. The lowest BCUT2D eigenvalue weighted by atomic mass is 10.1. The zero-order valence-corrected chi connectivity index (χ0v) is 12.3. The van der Waals surface area contributed by atoms with Gasteiger partial charge in [-0.1, -0.05) is 18.2 Å². The van der Waals surface area contributed by atoms with Gasteiger partial charge >= 0.3 is 0 Å². The van der Waals surface area contributed by atoms with E-state index in [2.05, 4.69) is 73.8 Å². The Morgan fingerprint density at radius 2 is 1.63 bits per heavy atom. The molecule has 1 aromatic carbocycles. The largest absolute Gasteiger partial charge is 0.361 e. The summed E-state index contributed by atoms with van der Waals surface area (Å²) in [6.07, 6.45) is 3.42. The van der Waals surface area contributed by atoms with E-state index in [4.69, 9.17) is 0 Å². The van der Waals surface area contributed by atoms with Gasteiger partial charge in [0.25, 0.3) is 0 Å². The van der Waals surface area contributed by atoms with Crippen molar-refractivity contribution in [2.24, 2.45) is 0 Å². The SMILES string of the molecule is CC(C)NC(Cc1c[nH]c2ccccc12)NC(C)C. The number of nitrogens with one attached hydrogen (secondary N) is 3. The number of H-pyrrole nitrogens is 1. The van der Waals surface area contributed by atoms with Crippen molar-refractivity contribution in [1.29, 1.82) is 0 Å². The summed E-state index contributed by atoms with van der Waals surface area (Å²) >= 11 is 0. The summed E-state index contributed by atoms with van der Waals surface area (Å²) in [4.78, 5) is 3.34. The molecule has 0 aliphatic rings. The van der Waals surface area contributed by atoms with Gasteiger partial charge in [0.15, 0.2) is 0 Å². The Morgan fingerprint density at radius 3 is 2.26 bits per heavy atom. The minimum absolute atomic E-state index is 0.305. The molecule has 2 aromatic rings. The van der Waals surface area contributed by atoms with Crippen molar-refractivity contribution in [3.05, 3.63) is 36.0 Å². The van der Waals surface area contributed by atoms with E-state index >= 15 is 0 Å². The van der Waals surface area contributed by atoms with Gasteiger partial charge in [-0.15, -0.1) is 0 Å². The highest BCUT2D eigenvalue weighted by Gasteiger charge is 2.13. The van der Waals surface area contributed by atoms with Gasteiger partial charge in [0.05, 0.1) is 6.17 Å². The topological polar surface area (TPSA) is 39.9 Å². The number of aromatic nitrogens is 1. The number of fused-ring (bicyclic) bond motifs is 1. The molecule has 3 nitrogen and oxygen atoms in total. The molecule has 19 heavy (non-hydrogen) atoms. The van der Waals surface area contributed by atoms with Gasteiger partial charge in [-0.2, -0.15) is 0 Å². The lowest BCUT2D eigenvalue weighted by Gasteiger charge is -2.24. The zero-order valence-electron chi connectivity index (χ0n) is 12.3. The van der Waals surface area contributed by atoms with Crippen LogP contribution in [0.3, 0.4) is 0 Å². The van der Waals surface area contributed by atoms with Gasteiger partial charge in [-0.05, 0) is 39.3 Å². The van der Waals surface area contributed by atoms with Gasteiger partial charge in [-0.3, -0.25) is 10.6 Å². The summed E-state index contributed by atoms with van der Waals surface area (Å²) in [6.45, 7) is 8.74. The molecule has 3 heteroatoms. The molecular weight excluding hydrogens is 234 g/mol. The quantitative estimate of drug-likeness (QED) is 0.698. The van der Waals surface area contributed by atoms with Gasteiger partial charge in [-0.25, -0.2) is 0 Å². The summed E-state index contributed by atoms with van der Waals surface area (Å²) in [5.74, 6) is 0. The van der Waals surface area contributed by atoms with Crippen LogP contribution in [0.15, 0.2) is 30.5 Å². The van der Waals surface area contributed by atoms with Crippen LogP contribution in [0.25, 0.3) is 10.9 Å². The molecule has 1 heterocycles.